The molecule has 4 rings (SSSR count). The monoisotopic (exact) mass is 481 g/mol. The molecule has 34 heavy (non-hydrogen) atoms. The second-order valence-corrected chi connectivity index (χ2v) is 10.0. The van der Waals surface area contributed by atoms with Crippen molar-refractivity contribution in [3.8, 4) is 5.75 Å². The van der Waals surface area contributed by atoms with Gasteiger partial charge in [0.1, 0.15) is 17.1 Å². The highest BCUT2D eigenvalue weighted by Gasteiger charge is 2.17. The second-order valence-electron chi connectivity index (χ2n) is 8.28. The number of pyridine rings is 1. The highest BCUT2D eigenvalue weighted by atomic mass is 32.2. The SMILES string of the molecule is CCCCc1nc2c(N)nc3ccccc3c2n1CCCCNS(=O)(=O)c1cccc(OC)c1. The van der Waals surface area contributed by atoms with E-state index >= 15 is 0 Å². The number of hydrogen-bond donors (Lipinski definition) is 2. The number of hydrogen-bond acceptors (Lipinski definition) is 6. The Bertz CT molecular complexity index is 1400. The molecule has 2 aromatic carbocycles. The van der Waals surface area contributed by atoms with Crippen LogP contribution in [0.15, 0.2) is 53.4 Å². The number of aromatic nitrogens is 3. The van der Waals surface area contributed by atoms with E-state index in [0.29, 0.717) is 24.5 Å². The Balaban J connectivity index is 1.50. The maximum Gasteiger partial charge on any atom is 0.240 e. The summed E-state index contributed by atoms with van der Waals surface area (Å²) in [5.74, 6) is 1.95. The molecule has 8 nitrogen and oxygen atoms in total. The van der Waals surface area contributed by atoms with Gasteiger partial charge < -0.3 is 15.0 Å². The quantitative estimate of drug-likeness (QED) is 0.309. The summed E-state index contributed by atoms with van der Waals surface area (Å²) in [5.41, 5.74) is 8.85. The first kappa shape index (κ1) is 24.0. The molecular weight excluding hydrogens is 450 g/mol. The smallest absolute Gasteiger partial charge is 0.240 e. The third-order valence-electron chi connectivity index (χ3n) is 5.90. The molecule has 0 unspecified atom stereocenters. The van der Waals surface area contributed by atoms with E-state index in [0.717, 1.165) is 60.0 Å². The molecule has 0 aliphatic heterocycles. The van der Waals surface area contributed by atoms with Crippen LogP contribution in [0.3, 0.4) is 0 Å². The van der Waals surface area contributed by atoms with E-state index in [1.807, 2.05) is 24.3 Å². The van der Waals surface area contributed by atoms with Crippen LogP contribution in [0.2, 0.25) is 0 Å². The molecule has 0 saturated heterocycles. The summed E-state index contributed by atoms with van der Waals surface area (Å²) in [7, 11) is -2.08. The van der Waals surface area contributed by atoms with Crippen molar-refractivity contribution in [3.63, 3.8) is 0 Å². The fraction of sp³-hybridized carbons (Fsp3) is 0.360. The van der Waals surface area contributed by atoms with E-state index in [1.54, 1.807) is 18.2 Å². The molecule has 0 saturated carbocycles. The van der Waals surface area contributed by atoms with Crippen molar-refractivity contribution in [2.75, 3.05) is 19.4 Å². The molecule has 180 valence electrons. The summed E-state index contributed by atoms with van der Waals surface area (Å²) in [6.45, 7) is 3.23. The molecule has 0 amide bonds. The number of nitrogen functional groups attached to an aromatic ring is 1. The predicted octanol–water partition coefficient (Wildman–Crippen LogP) is 4.28. The number of anilines is 1. The number of imidazole rings is 1. The standard InChI is InChI=1S/C25H31N5O3S/c1-3-4-14-22-29-23-24(20-12-5-6-13-21(20)28-25(23)26)30(22)16-8-7-15-27-34(31,32)19-11-9-10-18(17-19)33-2/h5-6,9-13,17,27H,3-4,7-8,14-16H2,1-2H3,(H2,26,28). The Hall–Kier alpha value is -3.17. The zero-order valence-electron chi connectivity index (χ0n) is 19.6. The molecule has 2 heterocycles. The van der Waals surface area contributed by atoms with Gasteiger partial charge in [0.15, 0.2) is 5.82 Å². The number of aryl methyl sites for hydroxylation is 2. The number of nitrogens with one attached hydrogen (secondary N) is 1. The van der Waals surface area contributed by atoms with Gasteiger partial charge >= 0.3 is 0 Å². The molecule has 4 aromatic rings. The van der Waals surface area contributed by atoms with Gasteiger partial charge in [0.2, 0.25) is 10.0 Å². The highest BCUT2D eigenvalue weighted by molar-refractivity contribution is 7.89. The second kappa shape index (κ2) is 10.4. The van der Waals surface area contributed by atoms with Crippen molar-refractivity contribution in [1.29, 1.82) is 0 Å². The van der Waals surface area contributed by atoms with Gasteiger partial charge in [0, 0.05) is 31.0 Å². The van der Waals surface area contributed by atoms with Gasteiger partial charge in [0.25, 0.3) is 0 Å². The summed E-state index contributed by atoms with van der Waals surface area (Å²) < 4.78 is 35.3. The third kappa shape index (κ3) is 5.00. The van der Waals surface area contributed by atoms with Gasteiger partial charge in [-0.2, -0.15) is 0 Å². The molecule has 0 aliphatic carbocycles. The molecule has 3 N–H and O–H groups in total. The lowest BCUT2D eigenvalue weighted by Crippen LogP contribution is -2.25. The minimum atomic E-state index is -3.59. The maximum absolute atomic E-state index is 12.6. The van der Waals surface area contributed by atoms with Gasteiger partial charge in [-0.1, -0.05) is 37.6 Å². The number of benzene rings is 2. The van der Waals surface area contributed by atoms with Gasteiger partial charge in [-0.3, -0.25) is 0 Å². The minimum Gasteiger partial charge on any atom is -0.497 e. The Labute approximate surface area is 200 Å². The number of nitrogens with two attached hydrogens (primary N) is 1. The van der Waals surface area contributed by atoms with E-state index in [1.165, 1.54) is 13.2 Å². The molecule has 0 bridgehead atoms. The number of unbranched alkanes of at least 4 members (excludes halogenated alkanes) is 2. The van der Waals surface area contributed by atoms with Crippen LogP contribution in [0.1, 0.15) is 38.4 Å². The van der Waals surface area contributed by atoms with Crippen LogP contribution < -0.4 is 15.2 Å². The Morgan fingerprint density at radius 3 is 2.68 bits per heavy atom. The van der Waals surface area contributed by atoms with Crippen molar-refractivity contribution in [3.05, 3.63) is 54.4 Å². The maximum atomic E-state index is 12.6. The summed E-state index contributed by atoms with van der Waals surface area (Å²) >= 11 is 0. The van der Waals surface area contributed by atoms with Gasteiger partial charge in [-0.05, 0) is 37.5 Å². The predicted molar refractivity (Wildman–Crippen MR) is 135 cm³/mol. The van der Waals surface area contributed by atoms with Crippen molar-refractivity contribution in [2.24, 2.45) is 0 Å². The molecule has 9 heteroatoms. The molecule has 0 radical (unpaired) electrons. The van der Waals surface area contributed by atoms with E-state index < -0.39 is 10.0 Å². The lowest BCUT2D eigenvalue weighted by Gasteiger charge is -2.12. The van der Waals surface area contributed by atoms with Crippen molar-refractivity contribution in [1.82, 2.24) is 19.3 Å². The minimum absolute atomic E-state index is 0.198. The number of fused-ring (bicyclic) bond motifs is 3. The molecule has 2 aromatic heterocycles. The number of ether oxygens (including phenoxy) is 1. The molecule has 0 atom stereocenters. The number of sulfonamides is 1. The number of nitrogens with zero attached hydrogens (tertiary/aromatic N) is 3. The Morgan fingerprint density at radius 2 is 1.88 bits per heavy atom. The van der Waals surface area contributed by atoms with E-state index in [4.69, 9.17) is 15.5 Å². The number of methoxy groups -OCH3 is 1. The third-order valence-corrected chi connectivity index (χ3v) is 7.35. The molecule has 0 aliphatic rings. The van der Waals surface area contributed by atoms with Gasteiger partial charge in [-0.25, -0.2) is 23.1 Å². The van der Waals surface area contributed by atoms with Crippen molar-refractivity contribution < 1.29 is 13.2 Å². The summed E-state index contributed by atoms with van der Waals surface area (Å²) in [6, 6.07) is 14.4. The summed E-state index contributed by atoms with van der Waals surface area (Å²) in [4.78, 5) is 9.58. The lowest BCUT2D eigenvalue weighted by atomic mass is 10.2. The van der Waals surface area contributed by atoms with Gasteiger partial charge in [-0.15, -0.1) is 0 Å². The first-order valence-electron chi connectivity index (χ1n) is 11.6. The van der Waals surface area contributed by atoms with Gasteiger partial charge in [0.05, 0.1) is 23.0 Å². The molecule has 0 fully saturated rings. The topological polar surface area (TPSA) is 112 Å². The van der Waals surface area contributed by atoms with Crippen LogP contribution in [0.4, 0.5) is 5.82 Å². The summed E-state index contributed by atoms with van der Waals surface area (Å²) in [5, 5.41) is 1.03. The van der Waals surface area contributed by atoms with Crippen LogP contribution in [0.5, 0.6) is 5.75 Å². The highest BCUT2D eigenvalue weighted by Crippen LogP contribution is 2.29. The van der Waals surface area contributed by atoms with Crippen LogP contribution in [0.25, 0.3) is 21.9 Å². The normalized spacial score (nSPS) is 11.9. The zero-order chi connectivity index (χ0) is 24.1. The van der Waals surface area contributed by atoms with Crippen LogP contribution in [-0.2, 0) is 23.0 Å². The first-order valence-corrected chi connectivity index (χ1v) is 13.1. The fourth-order valence-electron chi connectivity index (χ4n) is 4.12. The largest absolute Gasteiger partial charge is 0.497 e. The lowest BCUT2D eigenvalue weighted by molar-refractivity contribution is 0.413. The molecular formula is C25H31N5O3S. The van der Waals surface area contributed by atoms with Crippen LogP contribution >= 0.6 is 0 Å². The van der Waals surface area contributed by atoms with Crippen molar-refractivity contribution >= 4 is 37.8 Å². The molecule has 0 spiro atoms. The zero-order valence-corrected chi connectivity index (χ0v) is 20.4. The van der Waals surface area contributed by atoms with Crippen LogP contribution in [0, 0.1) is 0 Å². The average Bonchev–Trinajstić information content (AvgIpc) is 3.22. The van der Waals surface area contributed by atoms with E-state index in [9.17, 15) is 8.42 Å². The van der Waals surface area contributed by atoms with E-state index in [2.05, 4.69) is 21.2 Å². The Kier molecular flexibility index (Phi) is 7.33. The Morgan fingerprint density at radius 1 is 1.06 bits per heavy atom. The van der Waals surface area contributed by atoms with Crippen LogP contribution in [-0.4, -0.2) is 36.6 Å². The first-order chi connectivity index (χ1) is 16.4. The fourth-order valence-corrected chi connectivity index (χ4v) is 5.23. The number of para-hydroxylation sites is 1. The van der Waals surface area contributed by atoms with Crippen molar-refractivity contribution in [2.45, 2.75) is 50.5 Å². The average molecular weight is 482 g/mol. The van der Waals surface area contributed by atoms with E-state index in [-0.39, 0.29) is 4.90 Å². The summed E-state index contributed by atoms with van der Waals surface area (Å²) in [6.07, 6.45) is 4.45. The number of rotatable bonds is 11.